The Balaban J connectivity index is 0.00000288. The summed E-state index contributed by atoms with van der Waals surface area (Å²) in [5, 5.41) is 3.00. The molecule has 0 aliphatic heterocycles. The molecule has 4 nitrogen and oxygen atoms in total. The van der Waals surface area contributed by atoms with Crippen LogP contribution in [0.2, 0.25) is 0 Å². The van der Waals surface area contributed by atoms with Crippen molar-refractivity contribution in [2.45, 2.75) is 64.6 Å². The van der Waals surface area contributed by atoms with Gasteiger partial charge >= 0.3 is 0 Å². The maximum absolute atomic E-state index is 12.3. The fourth-order valence-corrected chi connectivity index (χ4v) is 3.21. The van der Waals surface area contributed by atoms with E-state index in [4.69, 9.17) is 10.5 Å². The minimum absolute atomic E-state index is 0. The summed E-state index contributed by atoms with van der Waals surface area (Å²) in [4.78, 5) is 12.3. The molecule has 136 valence electrons. The fourth-order valence-electron chi connectivity index (χ4n) is 3.21. The molecule has 0 radical (unpaired) electrons. The smallest absolute Gasteiger partial charge is 0.249 e. The first-order chi connectivity index (χ1) is 11.1. The predicted octanol–water partition coefficient (Wildman–Crippen LogP) is 3.72. The summed E-state index contributed by atoms with van der Waals surface area (Å²) >= 11 is 0. The van der Waals surface area contributed by atoms with Gasteiger partial charge in [0.15, 0.2) is 0 Å². The summed E-state index contributed by atoms with van der Waals surface area (Å²) in [7, 11) is 0. The Morgan fingerprint density at radius 3 is 2.67 bits per heavy atom. The number of rotatable bonds is 7. The lowest BCUT2D eigenvalue weighted by Gasteiger charge is -2.29. The summed E-state index contributed by atoms with van der Waals surface area (Å²) in [6.45, 7) is 4.91. The molecular formula is C19H31ClN2O2. The molecule has 3 unspecified atom stereocenters. The largest absolute Gasteiger partial charge is 0.399 e. The first-order valence-electron chi connectivity index (χ1n) is 8.86. The van der Waals surface area contributed by atoms with Gasteiger partial charge in [-0.05, 0) is 49.3 Å². The number of halogens is 1. The summed E-state index contributed by atoms with van der Waals surface area (Å²) in [6.07, 6.45) is 6.10. The minimum atomic E-state index is -0.322. The molecule has 0 aromatic heterocycles. The number of nitrogens with one attached hydrogen (secondary N) is 1. The van der Waals surface area contributed by atoms with Crippen molar-refractivity contribution in [3.05, 3.63) is 29.8 Å². The van der Waals surface area contributed by atoms with Gasteiger partial charge in [-0.3, -0.25) is 4.79 Å². The van der Waals surface area contributed by atoms with Crippen LogP contribution in [0.25, 0.3) is 0 Å². The van der Waals surface area contributed by atoms with Gasteiger partial charge in [0.05, 0.1) is 6.10 Å². The van der Waals surface area contributed by atoms with Crippen LogP contribution in [0.15, 0.2) is 24.3 Å². The quantitative estimate of drug-likeness (QED) is 0.733. The number of carbonyl (C=O) groups is 1. The van der Waals surface area contributed by atoms with E-state index in [0.717, 1.165) is 31.4 Å². The van der Waals surface area contributed by atoms with E-state index in [2.05, 4.69) is 12.2 Å². The van der Waals surface area contributed by atoms with E-state index < -0.39 is 0 Å². The number of ether oxygens (including phenoxy) is 1. The Kier molecular flexibility index (Phi) is 9.16. The zero-order valence-corrected chi connectivity index (χ0v) is 15.6. The minimum Gasteiger partial charge on any atom is -0.399 e. The van der Waals surface area contributed by atoms with Gasteiger partial charge in [0.25, 0.3) is 0 Å². The lowest BCUT2D eigenvalue weighted by atomic mass is 9.88. The third-order valence-corrected chi connectivity index (χ3v) is 4.60. The van der Waals surface area contributed by atoms with Gasteiger partial charge in [0.1, 0.15) is 6.10 Å². The van der Waals surface area contributed by atoms with E-state index in [0.29, 0.717) is 12.5 Å². The number of benzene rings is 1. The van der Waals surface area contributed by atoms with Crippen LogP contribution in [0, 0.1) is 5.92 Å². The maximum atomic E-state index is 12.3. The first kappa shape index (κ1) is 20.8. The third-order valence-electron chi connectivity index (χ3n) is 4.60. The van der Waals surface area contributed by atoms with Crippen molar-refractivity contribution in [2.24, 2.45) is 5.92 Å². The van der Waals surface area contributed by atoms with Crippen molar-refractivity contribution < 1.29 is 9.53 Å². The van der Waals surface area contributed by atoms with E-state index in [-0.39, 0.29) is 30.5 Å². The van der Waals surface area contributed by atoms with Crippen LogP contribution in [-0.4, -0.2) is 24.7 Å². The van der Waals surface area contributed by atoms with Crippen LogP contribution >= 0.6 is 12.4 Å². The van der Waals surface area contributed by atoms with E-state index in [1.165, 1.54) is 18.4 Å². The monoisotopic (exact) mass is 354 g/mol. The molecule has 1 aliphatic rings. The van der Waals surface area contributed by atoms with E-state index in [9.17, 15) is 4.79 Å². The second-order valence-corrected chi connectivity index (χ2v) is 6.71. The van der Waals surface area contributed by atoms with Crippen molar-refractivity contribution in [1.82, 2.24) is 5.32 Å². The standard InChI is InChI=1S/C19H30N2O2.ClH/c1-3-18(23-17-6-4-5-14(2)13-17)19(22)21-12-11-15-7-9-16(20)10-8-15;/h7-10,14,17-18H,3-6,11-13,20H2,1-2H3,(H,21,22);1H. The third kappa shape index (κ3) is 6.70. The Hall–Kier alpha value is -1.26. The van der Waals surface area contributed by atoms with E-state index in [1.54, 1.807) is 0 Å². The molecule has 1 amide bonds. The SMILES string of the molecule is CCC(OC1CCCC(C)C1)C(=O)NCCc1ccc(N)cc1.Cl. The second kappa shape index (κ2) is 10.6. The van der Waals surface area contributed by atoms with Gasteiger partial charge in [0, 0.05) is 12.2 Å². The van der Waals surface area contributed by atoms with Crippen molar-refractivity contribution in [1.29, 1.82) is 0 Å². The number of amides is 1. The second-order valence-electron chi connectivity index (χ2n) is 6.71. The molecule has 1 aromatic carbocycles. The average molecular weight is 355 g/mol. The highest BCUT2D eigenvalue weighted by Crippen LogP contribution is 2.26. The van der Waals surface area contributed by atoms with Gasteiger partial charge in [0.2, 0.25) is 5.91 Å². The van der Waals surface area contributed by atoms with E-state index in [1.807, 2.05) is 31.2 Å². The zero-order valence-electron chi connectivity index (χ0n) is 14.8. The molecule has 1 fully saturated rings. The van der Waals surface area contributed by atoms with Crippen LogP contribution in [-0.2, 0) is 16.0 Å². The average Bonchev–Trinajstić information content (AvgIpc) is 2.54. The predicted molar refractivity (Wildman–Crippen MR) is 101 cm³/mol. The molecule has 24 heavy (non-hydrogen) atoms. The van der Waals surface area contributed by atoms with Crippen molar-refractivity contribution in [2.75, 3.05) is 12.3 Å². The molecule has 1 saturated carbocycles. The molecule has 0 heterocycles. The number of anilines is 1. The Bertz CT molecular complexity index is 493. The number of nitrogens with two attached hydrogens (primary N) is 1. The summed E-state index contributed by atoms with van der Waals surface area (Å²) < 4.78 is 6.06. The molecule has 0 spiro atoms. The topological polar surface area (TPSA) is 64.3 Å². The van der Waals surface area contributed by atoms with Crippen molar-refractivity contribution in [3.63, 3.8) is 0 Å². The maximum Gasteiger partial charge on any atom is 0.249 e. The molecule has 3 N–H and O–H groups in total. The molecular weight excluding hydrogens is 324 g/mol. The number of hydrogen-bond acceptors (Lipinski definition) is 3. The highest BCUT2D eigenvalue weighted by atomic mass is 35.5. The van der Waals surface area contributed by atoms with Gasteiger partial charge in [-0.25, -0.2) is 0 Å². The summed E-state index contributed by atoms with van der Waals surface area (Å²) in [6, 6.07) is 7.77. The van der Waals surface area contributed by atoms with Crippen molar-refractivity contribution >= 4 is 24.0 Å². The highest BCUT2D eigenvalue weighted by Gasteiger charge is 2.25. The van der Waals surface area contributed by atoms with Crippen LogP contribution in [0.1, 0.15) is 51.5 Å². The molecule has 1 aliphatic carbocycles. The fraction of sp³-hybridized carbons (Fsp3) is 0.632. The molecule has 5 heteroatoms. The first-order valence-corrected chi connectivity index (χ1v) is 8.86. The Morgan fingerprint density at radius 2 is 2.04 bits per heavy atom. The number of carbonyl (C=O) groups excluding carboxylic acids is 1. The highest BCUT2D eigenvalue weighted by molar-refractivity contribution is 5.85. The lowest BCUT2D eigenvalue weighted by Crippen LogP contribution is -2.40. The molecule has 2 rings (SSSR count). The molecule has 1 aromatic rings. The summed E-state index contributed by atoms with van der Waals surface area (Å²) in [5.41, 5.74) is 7.61. The van der Waals surface area contributed by atoms with Gasteiger partial charge in [-0.1, -0.05) is 38.8 Å². The zero-order chi connectivity index (χ0) is 16.7. The van der Waals surface area contributed by atoms with E-state index >= 15 is 0 Å². The number of hydrogen-bond donors (Lipinski definition) is 2. The van der Waals surface area contributed by atoms with Gasteiger partial charge in [-0.15, -0.1) is 12.4 Å². The van der Waals surface area contributed by atoms with Gasteiger partial charge < -0.3 is 15.8 Å². The Morgan fingerprint density at radius 1 is 1.33 bits per heavy atom. The summed E-state index contributed by atoms with van der Waals surface area (Å²) in [5.74, 6) is 0.723. The van der Waals surface area contributed by atoms with Crippen molar-refractivity contribution in [3.8, 4) is 0 Å². The van der Waals surface area contributed by atoms with Crippen LogP contribution < -0.4 is 11.1 Å². The van der Waals surface area contributed by atoms with Crippen LogP contribution in [0.4, 0.5) is 5.69 Å². The normalized spacial score (nSPS) is 21.6. The number of nitrogen functional groups attached to an aromatic ring is 1. The Labute approximate surface area is 151 Å². The lowest BCUT2D eigenvalue weighted by molar-refractivity contribution is -0.139. The van der Waals surface area contributed by atoms with Crippen LogP contribution in [0.5, 0.6) is 0 Å². The molecule has 3 atom stereocenters. The van der Waals surface area contributed by atoms with Crippen LogP contribution in [0.3, 0.4) is 0 Å². The molecule has 0 bridgehead atoms. The van der Waals surface area contributed by atoms with Gasteiger partial charge in [-0.2, -0.15) is 0 Å². The molecule has 0 saturated heterocycles.